The van der Waals surface area contributed by atoms with E-state index < -0.39 is 0 Å². The SMILES string of the molecule is Cc1c(OCC2CCNCC2)c2ccccc2[nH]c1=O. The standard InChI is InChI=1S/C16H20N2O2/c1-11-15(20-10-12-6-8-17-9-7-12)13-4-2-3-5-14(13)18-16(11)19/h2-5,12,17H,6-10H2,1H3,(H,18,19). The first-order chi connectivity index (χ1) is 9.75. The molecule has 2 aromatic rings. The van der Waals surface area contributed by atoms with Gasteiger partial charge in [0, 0.05) is 5.39 Å². The predicted molar refractivity (Wildman–Crippen MR) is 80.4 cm³/mol. The average Bonchev–Trinajstić information content (AvgIpc) is 2.49. The zero-order valence-electron chi connectivity index (χ0n) is 11.7. The second-order valence-corrected chi connectivity index (χ2v) is 5.46. The fourth-order valence-corrected chi connectivity index (χ4v) is 2.75. The van der Waals surface area contributed by atoms with Crippen molar-refractivity contribution in [2.45, 2.75) is 19.8 Å². The minimum Gasteiger partial charge on any atom is -0.492 e. The van der Waals surface area contributed by atoms with Gasteiger partial charge >= 0.3 is 0 Å². The number of aromatic amines is 1. The molecule has 2 N–H and O–H groups in total. The molecule has 1 aliphatic heterocycles. The Morgan fingerprint density at radius 1 is 1.25 bits per heavy atom. The van der Waals surface area contributed by atoms with E-state index in [2.05, 4.69) is 10.3 Å². The van der Waals surface area contributed by atoms with Crippen molar-refractivity contribution in [2.24, 2.45) is 5.92 Å². The lowest BCUT2D eigenvalue weighted by molar-refractivity contribution is 0.216. The number of rotatable bonds is 3. The zero-order valence-corrected chi connectivity index (χ0v) is 11.7. The molecule has 20 heavy (non-hydrogen) atoms. The molecule has 0 atom stereocenters. The molecule has 1 aliphatic rings. The lowest BCUT2D eigenvalue weighted by atomic mass is 9.99. The topological polar surface area (TPSA) is 54.1 Å². The number of ether oxygens (including phenoxy) is 1. The molecule has 0 radical (unpaired) electrons. The van der Waals surface area contributed by atoms with Crippen LogP contribution in [0.25, 0.3) is 10.9 Å². The van der Waals surface area contributed by atoms with Gasteiger partial charge in [0.1, 0.15) is 5.75 Å². The quantitative estimate of drug-likeness (QED) is 0.900. The fourth-order valence-electron chi connectivity index (χ4n) is 2.75. The van der Waals surface area contributed by atoms with E-state index in [1.165, 1.54) is 0 Å². The van der Waals surface area contributed by atoms with Crippen LogP contribution >= 0.6 is 0 Å². The third-order valence-electron chi connectivity index (χ3n) is 4.02. The van der Waals surface area contributed by atoms with E-state index in [0.717, 1.165) is 42.6 Å². The Balaban J connectivity index is 1.89. The van der Waals surface area contributed by atoms with Gasteiger partial charge in [-0.1, -0.05) is 12.1 Å². The number of para-hydroxylation sites is 1. The van der Waals surface area contributed by atoms with E-state index in [-0.39, 0.29) is 5.56 Å². The maximum Gasteiger partial charge on any atom is 0.255 e. The maximum absolute atomic E-state index is 12.0. The van der Waals surface area contributed by atoms with Gasteiger partial charge in [0.25, 0.3) is 5.56 Å². The minimum atomic E-state index is -0.0657. The van der Waals surface area contributed by atoms with Crippen LogP contribution in [0, 0.1) is 12.8 Å². The van der Waals surface area contributed by atoms with Crippen LogP contribution in [0.2, 0.25) is 0 Å². The first kappa shape index (κ1) is 13.2. The molecule has 106 valence electrons. The summed E-state index contributed by atoms with van der Waals surface area (Å²) >= 11 is 0. The van der Waals surface area contributed by atoms with Crippen molar-refractivity contribution in [3.63, 3.8) is 0 Å². The van der Waals surface area contributed by atoms with Crippen LogP contribution in [-0.4, -0.2) is 24.7 Å². The van der Waals surface area contributed by atoms with Crippen LogP contribution in [0.5, 0.6) is 5.75 Å². The van der Waals surface area contributed by atoms with Crippen LogP contribution < -0.4 is 15.6 Å². The Hall–Kier alpha value is -1.81. The average molecular weight is 272 g/mol. The summed E-state index contributed by atoms with van der Waals surface area (Å²) < 4.78 is 6.02. The molecule has 1 saturated heterocycles. The second-order valence-electron chi connectivity index (χ2n) is 5.46. The molecule has 1 aromatic heterocycles. The molecule has 0 unspecified atom stereocenters. The normalized spacial score (nSPS) is 16.4. The van der Waals surface area contributed by atoms with Gasteiger partial charge in [-0.05, 0) is 50.9 Å². The van der Waals surface area contributed by atoms with Gasteiger partial charge in [-0.15, -0.1) is 0 Å². The third kappa shape index (κ3) is 2.56. The highest BCUT2D eigenvalue weighted by Gasteiger charge is 2.16. The highest BCUT2D eigenvalue weighted by molar-refractivity contribution is 5.85. The summed E-state index contributed by atoms with van der Waals surface area (Å²) in [5.41, 5.74) is 1.44. The first-order valence-corrected chi connectivity index (χ1v) is 7.21. The number of aromatic nitrogens is 1. The molecule has 1 aromatic carbocycles. The summed E-state index contributed by atoms with van der Waals surface area (Å²) in [5, 5.41) is 4.34. The smallest absolute Gasteiger partial charge is 0.255 e. The number of fused-ring (bicyclic) bond motifs is 1. The van der Waals surface area contributed by atoms with Gasteiger partial charge in [-0.25, -0.2) is 0 Å². The van der Waals surface area contributed by atoms with E-state index in [1.807, 2.05) is 31.2 Å². The predicted octanol–water partition coefficient (Wildman–Crippen LogP) is 2.21. The summed E-state index contributed by atoms with van der Waals surface area (Å²) in [6.45, 7) is 4.63. The van der Waals surface area contributed by atoms with Gasteiger partial charge in [-0.3, -0.25) is 4.79 Å². The summed E-state index contributed by atoms with van der Waals surface area (Å²) in [7, 11) is 0. The van der Waals surface area contributed by atoms with Crippen molar-refractivity contribution in [1.82, 2.24) is 10.3 Å². The van der Waals surface area contributed by atoms with Crippen molar-refractivity contribution in [3.05, 3.63) is 40.2 Å². The van der Waals surface area contributed by atoms with Gasteiger partial charge < -0.3 is 15.0 Å². The largest absolute Gasteiger partial charge is 0.492 e. The van der Waals surface area contributed by atoms with Crippen LogP contribution in [0.4, 0.5) is 0 Å². The fraction of sp³-hybridized carbons (Fsp3) is 0.438. The lowest BCUT2D eigenvalue weighted by Crippen LogP contribution is -2.30. The molecule has 0 saturated carbocycles. The molecule has 0 spiro atoms. The highest BCUT2D eigenvalue weighted by Crippen LogP contribution is 2.26. The van der Waals surface area contributed by atoms with E-state index in [1.54, 1.807) is 0 Å². The van der Waals surface area contributed by atoms with Crippen molar-refractivity contribution < 1.29 is 4.74 Å². The Kier molecular flexibility index (Phi) is 3.74. The summed E-state index contributed by atoms with van der Waals surface area (Å²) in [5.74, 6) is 1.32. The summed E-state index contributed by atoms with van der Waals surface area (Å²) in [6, 6.07) is 7.80. The molecule has 4 heteroatoms. The van der Waals surface area contributed by atoms with Crippen LogP contribution in [0.1, 0.15) is 18.4 Å². The zero-order chi connectivity index (χ0) is 13.9. The minimum absolute atomic E-state index is 0.0657. The molecule has 0 aliphatic carbocycles. The number of hydrogen-bond acceptors (Lipinski definition) is 3. The first-order valence-electron chi connectivity index (χ1n) is 7.21. The van der Waals surface area contributed by atoms with E-state index >= 15 is 0 Å². The van der Waals surface area contributed by atoms with Gasteiger partial charge in [-0.2, -0.15) is 0 Å². The molecule has 3 rings (SSSR count). The molecule has 4 nitrogen and oxygen atoms in total. The van der Waals surface area contributed by atoms with Crippen LogP contribution in [0.3, 0.4) is 0 Å². The number of hydrogen-bond donors (Lipinski definition) is 2. The highest BCUT2D eigenvalue weighted by atomic mass is 16.5. The third-order valence-corrected chi connectivity index (χ3v) is 4.02. The second kappa shape index (κ2) is 5.67. The van der Waals surface area contributed by atoms with Crippen molar-refractivity contribution in [2.75, 3.05) is 19.7 Å². The monoisotopic (exact) mass is 272 g/mol. The molecule has 0 bridgehead atoms. The van der Waals surface area contributed by atoms with Gasteiger partial charge in [0.05, 0.1) is 17.7 Å². The number of H-pyrrole nitrogens is 1. The Bertz CT molecular complexity index is 657. The van der Waals surface area contributed by atoms with Crippen molar-refractivity contribution in [3.8, 4) is 5.75 Å². The van der Waals surface area contributed by atoms with Gasteiger partial charge in [0.2, 0.25) is 0 Å². The molecule has 2 heterocycles. The number of pyridine rings is 1. The van der Waals surface area contributed by atoms with Crippen molar-refractivity contribution in [1.29, 1.82) is 0 Å². The van der Waals surface area contributed by atoms with E-state index in [4.69, 9.17) is 4.74 Å². The van der Waals surface area contributed by atoms with Crippen molar-refractivity contribution >= 4 is 10.9 Å². The number of piperidine rings is 1. The molecule has 1 fully saturated rings. The van der Waals surface area contributed by atoms with Crippen LogP contribution in [-0.2, 0) is 0 Å². The Labute approximate surface area is 118 Å². The Morgan fingerprint density at radius 2 is 2.00 bits per heavy atom. The molecular weight excluding hydrogens is 252 g/mol. The summed E-state index contributed by atoms with van der Waals surface area (Å²) in [4.78, 5) is 14.9. The van der Waals surface area contributed by atoms with Gasteiger partial charge in [0.15, 0.2) is 0 Å². The summed E-state index contributed by atoms with van der Waals surface area (Å²) in [6.07, 6.45) is 2.28. The number of nitrogens with one attached hydrogen (secondary N) is 2. The van der Waals surface area contributed by atoms with E-state index in [9.17, 15) is 4.79 Å². The Morgan fingerprint density at radius 3 is 2.80 bits per heavy atom. The van der Waals surface area contributed by atoms with Crippen LogP contribution in [0.15, 0.2) is 29.1 Å². The number of benzene rings is 1. The maximum atomic E-state index is 12.0. The van der Waals surface area contributed by atoms with E-state index in [0.29, 0.717) is 18.1 Å². The lowest BCUT2D eigenvalue weighted by Gasteiger charge is -2.23. The molecular formula is C16H20N2O2. The molecule has 0 amide bonds.